The molecule has 0 aromatic heterocycles. The maximum atomic E-state index is 14.9. The second-order valence-corrected chi connectivity index (χ2v) is 8.03. The molecule has 0 N–H and O–H groups in total. The van der Waals surface area contributed by atoms with E-state index in [1.165, 1.54) is 19.1 Å². The van der Waals surface area contributed by atoms with Crippen LogP contribution in [-0.4, -0.2) is 60.6 Å². The number of benzene rings is 1. The minimum Gasteiger partial charge on any atom is -0.381 e. The molecule has 3 heterocycles. The molecule has 32 heavy (non-hydrogen) atoms. The quantitative estimate of drug-likeness (QED) is 0.637. The van der Waals surface area contributed by atoms with Crippen molar-refractivity contribution in [2.24, 2.45) is 4.99 Å². The maximum absolute atomic E-state index is 14.9. The van der Waals surface area contributed by atoms with E-state index in [0.717, 1.165) is 0 Å². The van der Waals surface area contributed by atoms with E-state index in [4.69, 9.17) is 4.74 Å². The molecule has 5 nitrogen and oxygen atoms in total. The summed E-state index contributed by atoms with van der Waals surface area (Å²) in [5.41, 5.74) is -0.175. The van der Waals surface area contributed by atoms with E-state index in [1.54, 1.807) is 41.3 Å². The number of amides is 1. The first kappa shape index (κ1) is 22.3. The van der Waals surface area contributed by atoms with E-state index in [1.807, 2.05) is 0 Å². The van der Waals surface area contributed by atoms with E-state index < -0.39 is 23.6 Å². The summed E-state index contributed by atoms with van der Waals surface area (Å²) in [4.78, 5) is 19.8. The van der Waals surface area contributed by atoms with Crippen molar-refractivity contribution >= 4 is 17.3 Å². The van der Waals surface area contributed by atoms with Crippen molar-refractivity contribution in [2.75, 3.05) is 26.7 Å². The largest absolute Gasteiger partial charge is 0.433 e. The Morgan fingerprint density at radius 3 is 2.56 bits per heavy atom. The van der Waals surface area contributed by atoms with Gasteiger partial charge in [0.05, 0.1) is 11.7 Å². The Balaban J connectivity index is 1.61. The number of piperidine rings is 1. The monoisotopic (exact) mass is 449 g/mol. The van der Waals surface area contributed by atoms with Crippen LogP contribution in [0.1, 0.15) is 35.7 Å². The van der Waals surface area contributed by atoms with E-state index in [-0.39, 0.29) is 29.6 Å². The first-order chi connectivity index (χ1) is 15.2. The summed E-state index contributed by atoms with van der Waals surface area (Å²) in [6.07, 6.45) is 1.80. The van der Waals surface area contributed by atoms with Crippen LogP contribution in [0.3, 0.4) is 0 Å². The molecule has 3 aliphatic rings. The minimum atomic E-state index is -4.58. The molecule has 0 spiro atoms. The molecule has 0 bridgehead atoms. The lowest BCUT2D eigenvalue weighted by molar-refractivity contribution is -0.0937. The van der Waals surface area contributed by atoms with E-state index in [2.05, 4.69) is 4.99 Å². The van der Waals surface area contributed by atoms with E-state index >= 15 is 0 Å². The third kappa shape index (κ3) is 4.21. The Morgan fingerprint density at radius 2 is 1.94 bits per heavy atom. The number of hydrogen-bond acceptors (Lipinski definition) is 4. The second kappa shape index (κ2) is 8.54. The number of hydrogen-bond donors (Lipinski definition) is 0. The zero-order chi connectivity index (χ0) is 23.0. The van der Waals surface area contributed by atoms with E-state index in [0.29, 0.717) is 37.1 Å². The molecular formula is C23H23F4N3O2. The summed E-state index contributed by atoms with van der Waals surface area (Å²) >= 11 is 0. The van der Waals surface area contributed by atoms with Crippen LogP contribution in [0, 0.1) is 5.82 Å². The Labute approximate surface area is 183 Å². The molecule has 1 saturated heterocycles. The predicted molar refractivity (Wildman–Crippen MR) is 112 cm³/mol. The standard InChI is InChI=1S/C23H23F4N3O2/c1-14-13-30-9-3-4-17(21(30)28-20(14)23(25,26)27)15-5-6-18(19(24)12-15)22(31)29-10-7-16(32-2)8-11-29/h3-6,9,12,16H,7-8,10-11,13H2,1-2H3. The molecule has 9 heteroatoms. The normalized spacial score (nSPS) is 19.7. The lowest BCUT2D eigenvalue weighted by atomic mass is 9.97. The fourth-order valence-corrected chi connectivity index (χ4v) is 4.18. The lowest BCUT2D eigenvalue weighted by Gasteiger charge is -2.32. The number of aliphatic imine (C=N–C) groups is 1. The van der Waals surface area contributed by atoms with E-state index in [9.17, 15) is 22.4 Å². The summed E-state index contributed by atoms with van der Waals surface area (Å²) in [5, 5.41) is 0. The number of rotatable bonds is 3. The number of ether oxygens (including phenoxy) is 1. The Kier molecular flexibility index (Phi) is 5.94. The third-order valence-corrected chi connectivity index (χ3v) is 5.91. The topological polar surface area (TPSA) is 45.1 Å². The van der Waals surface area contributed by atoms with Gasteiger partial charge >= 0.3 is 6.18 Å². The number of amidine groups is 1. The molecule has 4 rings (SSSR count). The van der Waals surface area contributed by atoms with Crippen molar-refractivity contribution in [3.63, 3.8) is 0 Å². The van der Waals surface area contributed by atoms with Crippen LogP contribution in [0.15, 0.2) is 52.8 Å². The first-order valence-corrected chi connectivity index (χ1v) is 10.3. The van der Waals surface area contributed by atoms with Gasteiger partial charge in [0.15, 0.2) is 0 Å². The number of halogens is 4. The molecular weight excluding hydrogens is 426 g/mol. The average Bonchev–Trinajstić information content (AvgIpc) is 2.77. The molecule has 1 amide bonds. The summed E-state index contributed by atoms with van der Waals surface area (Å²) in [5.74, 6) is -1.02. The van der Waals surface area contributed by atoms with Crippen molar-refractivity contribution in [3.05, 3.63) is 64.8 Å². The highest BCUT2D eigenvalue weighted by atomic mass is 19.4. The van der Waals surface area contributed by atoms with Gasteiger partial charge in [-0.15, -0.1) is 0 Å². The molecule has 0 aliphatic carbocycles. The number of likely N-dealkylation sites (tertiary alicyclic amines) is 1. The zero-order valence-electron chi connectivity index (χ0n) is 17.7. The lowest BCUT2D eigenvalue weighted by Crippen LogP contribution is -2.41. The van der Waals surface area contributed by atoms with Crippen LogP contribution in [0.2, 0.25) is 0 Å². The average molecular weight is 449 g/mol. The van der Waals surface area contributed by atoms with Gasteiger partial charge in [-0.25, -0.2) is 9.38 Å². The van der Waals surface area contributed by atoms with Gasteiger partial charge in [0, 0.05) is 38.5 Å². The number of allylic oxidation sites excluding steroid dienone is 3. The van der Waals surface area contributed by atoms with Gasteiger partial charge < -0.3 is 14.5 Å². The maximum Gasteiger partial charge on any atom is 0.433 e. The highest BCUT2D eigenvalue weighted by molar-refractivity contribution is 6.24. The fourth-order valence-electron chi connectivity index (χ4n) is 4.18. The van der Waals surface area contributed by atoms with Crippen molar-refractivity contribution in [2.45, 2.75) is 32.0 Å². The molecule has 1 fully saturated rings. The van der Waals surface area contributed by atoms with Gasteiger partial charge in [0.2, 0.25) is 0 Å². The number of carbonyl (C=O) groups excluding carboxylic acids is 1. The number of carbonyl (C=O) groups is 1. The Morgan fingerprint density at radius 1 is 1.22 bits per heavy atom. The summed E-state index contributed by atoms with van der Waals surface area (Å²) < 4.78 is 60.4. The number of fused-ring (bicyclic) bond motifs is 1. The van der Waals surface area contributed by atoms with Gasteiger partial charge in [0.1, 0.15) is 17.3 Å². The third-order valence-electron chi connectivity index (χ3n) is 5.91. The predicted octanol–water partition coefficient (Wildman–Crippen LogP) is 4.54. The number of nitrogens with zero attached hydrogens (tertiary/aromatic N) is 3. The molecule has 1 aromatic rings. The summed E-state index contributed by atoms with van der Waals surface area (Å²) in [6.45, 7) is 2.39. The zero-order valence-corrected chi connectivity index (χ0v) is 17.7. The van der Waals surface area contributed by atoms with Crippen molar-refractivity contribution < 1.29 is 27.1 Å². The van der Waals surface area contributed by atoms with Crippen LogP contribution in [-0.2, 0) is 4.74 Å². The second-order valence-electron chi connectivity index (χ2n) is 8.03. The van der Waals surface area contributed by atoms with Crippen LogP contribution >= 0.6 is 0 Å². The fraction of sp³-hybridized carbons (Fsp3) is 0.391. The van der Waals surface area contributed by atoms with Gasteiger partial charge in [0.25, 0.3) is 5.91 Å². The summed E-state index contributed by atoms with van der Waals surface area (Å²) in [6, 6.07) is 4.11. The summed E-state index contributed by atoms with van der Waals surface area (Å²) in [7, 11) is 1.63. The molecule has 0 radical (unpaired) electrons. The first-order valence-electron chi connectivity index (χ1n) is 10.3. The SMILES string of the molecule is COC1CCN(C(=O)c2ccc(C3=CC=CN4CC(C)=C(C(F)(F)F)N=C34)cc2F)CC1. The van der Waals surface area contributed by atoms with Crippen molar-refractivity contribution in [1.82, 2.24) is 9.80 Å². The Hall–Kier alpha value is -2.94. The van der Waals surface area contributed by atoms with Crippen LogP contribution in [0.25, 0.3) is 5.57 Å². The van der Waals surface area contributed by atoms with Crippen LogP contribution < -0.4 is 0 Å². The molecule has 0 saturated carbocycles. The van der Waals surface area contributed by atoms with Crippen LogP contribution in [0.5, 0.6) is 0 Å². The smallest absolute Gasteiger partial charge is 0.381 e. The molecule has 0 unspecified atom stereocenters. The molecule has 3 aliphatic heterocycles. The van der Waals surface area contributed by atoms with Gasteiger partial charge in [-0.1, -0.05) is 6.07 Å². The van der Waals surface area contributed by atoms with Crippen molar-refractivity contribution in [3.8, 4) is 0 Å². The number of alkyl halides is 3. The van der Waals surface area contributed by atoms with Gasteiger partial charge in [-0.3, -0.25) is 4.79 Å². The molecule has 1 aromatic carbocycles. The van der Waals surface area contributed by atoms with Crippen LogP contribution in [0.4, 0.5) is 17.6 Å². The number of methoxy groups -OCH3 is 1. The molecule has 170 valence electrons. The highest BCUT2D eigenvalue weighted by Gasteiger charge is 2.39. The highest BCUT2D eigenvalue weighted by Crippen LogP contribution is 2.35. The van der Waals surface area contributed by atoms with Gasteiger partial charge in [-0.2, -0.15) is 13.2 Å². The molecule has 0 atom stereocenters. The Bertz CT molecular complexity index is 1050. The van der Waals surface area contributed by atoms with Crippen molar-refractivity contribution in [1.29, 1.82) is 0 Å². The van der Waals surface area contributed by atoms with Gasteiger partial charge in [-0.05, 0) is 55.2 Å². The minimum absolute atomic E-state index is 0.0397.